The summed E-state index contributed by atoms with van der Waals surface area (Å²) in [4.78, 5) is 11.5. The number of esters is 1. The fourth-order valence-electron chi connectivity index (χ4n) is 1.82. The number of fused-ring (bicyclic) bond motifs is 2. The number of halogens is 2. The summed E-state index contributed by atoms with van der Waals surface area (Å²) < 4.78 is 16.0. The molecule has 0 aliphatic carbocycles. The van der Waals surface area contributed by atoms with Crippen molar-refractivity contribution in [1.29, 1.82) is 0 Å². The van der Waals surface area contributed by atoms with E-state index in [1.54, 1.807) is 30.3 Å². The van der Waals surface area contributed by atoms with Crippen molar-refractivity contribution in [2.75, 3.05) is 7.11 Å². The number of rotatable bonds is 1. The van der Waals surface area contributed by atoms with Crippen molar-refractivity contribution in [3.8, 4) is 23.0 Å². The molecule has 0 saturated carbocycles. The highest BCUT2D eigenvalue weighted by atomic mass is 35.5. The van der Waals surface area contributed by atoms with Gasteiger partial charge in [-0.3, -0.25) is 0 Å². The maximum atomic E-state index is 11.5. The number of carbonyl (C=O) groups excluding carboxylic acids is 1. The molecule has 6 heteroatoms. The fraction of sp³-hybridized carbons (Fsp3) is 0.0714. The van der Waals surface area contributed by atoms with E-state index >= 15 is 0 Å². The monoisotopic (exact) mass is 310 g/mol. The van der Waals surface area contributed by atoms with E-state index in [4.69, 9.17) is 32.7 Å². The molecule has 1 aliphatic rings. The van der Waals surface area contributed by atoms with Gasteiger partial charge in [0, 0.05) is 12.1 Å². The van der Waals surface area contributed by atoms with Gasteiger partial charge in [0.05, 0.1) is 22.7 Å². The molecule has 20 heavy (non-hydrogen) atoms. The molecule has 102 valence electrons. The standard InChI is InChI=1S/C14H8Cl2O4/c1-18-14(17)7-2-3-10-11(4-7)20-13-6-9(16)8(15)5-12(13)19-10/h2-6H,1H3. The number of hydrogen-bond donors (Lipinski definition) is 0. The number of ether oxygens (including phenoxy) is 3. The summed E-state index contributed by atoms with van der Waals surface area (Å²) in [5.41, 5.74) is 0.373. The van der Waals surface area contributed by atoms with Crippen molar-refractivity contribution in [3.05, 3.63) is 45.9 Å². The van der Waals surface area contributed by atoms with Crippen LogP contribution in [0.2, 0.25) is 10.0 Å². The van der Waals surface area contributed by atoms with Crippen molar-refractivity contribution < 1.29 is 19.0 Å². The van der Waals surface area contributed by atoms with Gasteiger partial charge in [-0.05, 0) is 18.2 Å². The topological polar surface area (TPSA) is 44.8 Å². The van der Waals surface area contributed by atoms with E-state index in [9.17, 15) is 4.79 Å². The highest BCUT2D eigenvalue weighted by molar-refractivity contribution is 6.42. The number of carbonyl (C=O) groups is 1. The van der Waals surface area contributed by atoms with Gasteiger partial charge in [0.1, 0.15) is 0 Å². The Labute approximate surface area is 124 Å². The first-order valence-electron chi connectivity index (χ1n) is 5.65. The van der Waals surface area contributed by atoms with Crippen LogP contribution in [-0.2, 0) is 4.74 Å². The molecule has 0 aromatic heterocycles. The summed E-state index contributed by atoms with van der Waals surface area (Å²) in [5, 5.41) is 0.741. The van der Waals surface area contributed by atoms with Crippen LogP contribution in [0.15, 0.2) is 30.3 Å². The lowest BCUT2D eigenvalue weighted by Crippen LogP contribution is -2.04. The minimum Gasteiger partial charge on any atom is -0.465 e. The molecule has 0 N–H and O–H groups in total. The third-order valence-electron chi connectivity index (χ3n) is 2.79. The molecular weight excluding hydrogens is 303 g/mol. The summed E-state index contributed by atoms with van der Waals surface area (Å²) in [6.45, 7) is 0. The molecule has 1 aliphatic heterocycles. The zero-order valence-electron chi connectivity index (χ0n) is 10.3. The van der Waals surface area contributed by atoms with E-state index in [2.05, 4.69) is 4.74 Å². The Morgan fingerprint density at radius 3 is 2.10 bits per heavy atom. The Balaban J connectivity index is 2.02. The predicted molar refractivity (Wildman–Crippen MR) is 74.4 cm³/mol. The lowest BCUT2D eigenvalue weighted by atomic mass is 10.2. The van der Waals surface area contributed by atoms with Crippen LogP contribution >= 0.6 is 23.2 Å². The largest absolute Gasteiger partial charge is 0.465 e. The molecule has 1 heterocycles. The summed E-state index contributed by atoms with van der Waals surface area (Å²) in [5.74, 6) is 1.37. The summed E-state index contributed by atoms with van der Waals surface area (Å²) >= 11 is 11.9. The Morgan fingerprint density at radius 1 is 0.950 bits per heavy atom. The molecule has 0 atom stereocenters. The fourth-order valence-corrected chi connectivity index (χ4v) is 2.13. The minimum atomic E-state index is -0.448. The van der Waals surface area contributed by atoms with Crippen LogP contribution in [0, 0.1) is 0 Å². The Bertz CT molecular complexity index is 713. The molecule has 0 fully saturated rings. The van der Waals surface area contributed by atoms with Crippen LogP contribution < -0.4 is 9.47 Å². The molecule has 0 bridgehead atoms. The molecule has 0 saturated heterocycles. The van der Waals surface area contributed by atoms with Crippen LogP contribution in [0.4, 0.5) is 0 Å². The molecule has 2 aromatic rings. The number of methoxy groups -OCH3 is 1. The van der Waals surface area contributed by atoms with Gasteiger partial charge in [0.2, 0.25) is 0 Å². The summed E-state index contributed by atoms with van der Waals surface area (Å²) in [6, 6.07) is 7.92. The van der Waals surface area contributed by atoms with Crippen LogP contribution in [0.1, 0.15) is 10.4 Å². The lowest BCUT2D eigenvalue weighted by molar-refractivity contribution is 0.0600. The summed E-state index contributed by atoms with van der Waals surface area (Å²) in [6.07, 6.45) is 0. The molecule has 4 nitrogen and oxygen atoms in total. The Hall–Kier alpha value is -1.91. The van der Waals surface area contributed by atoms with E-state index < -0.39 is 5.97 Å². The van der Waals surface area contributed by atoms with Gasteiger partial charge < -0.3 is 14.2 Å². The Kier molecular flexibility index (Phi) is 3.20. The first-order valence-corrected chi connectivity index (χ1v) is 6.41. The van der Waals surface area contributed by atoms with Gasteiger partial charge in [-0.2, -0.15) is 0 Å². The third-order valence-corrected chi connectivity index (χ3v) is 3.51. The van der Waals surface area contributed by atoms with E-state index in [1.807, 2.05) is 0 Å². The van der Waals surface area contributed by atoms with Crippen molar-refractivity contribution in [1.82, 2.24) is 0 Å². The van der Waals surface area contributed by atoms with E-state index in [1.165, 1.54) is 7.11 Å². The van der Waals surface area contributed by atoms with Crippen molar-refractivity contribution >= 4 is 29.2 Å². The van der Waals surface area contributed by atoms with Crippen LogP contribution in [0.25, 0.3) is 0 Å². The highest BCUT2D eigenvalue weighted by Gasteiger charge is 2.22. The van der Waals surface area contributed by atoms with Gasteiger partial charge in [0.25, 0.3) is 0 Å². The predicted octanol–water partition coefficient (Wildman–Crippen LogP) is 4.68. The quantitative estimate of drug-likeness (QED) is 0.612. The van der Waals surface area contributed by atoms with E-state index in [-0.39, 0.29) is 0 Å². The van der Waals surface area contributed by atoms with Gasteiger partial charge in [0.15, 0.2) is 23.0 Å². The zero-order valence-corrected chi connectivity index (χ0v) is 11.8. The molecule has 3 rings (SSSR count). The molecular formula is C14H8Cl2O4. The SMILES string of the molecule is COC(=O)c1ccc2c(c1)Oc1cc(Cl)c(Cl)cc1O2. The molecule has 0 unspecified atom stereocenters. The maximum Gasteiger partial charge on any atom is 0.337 e. The lowest BCUT2D eigenvalue weighted by Gasteiger charge is -2.21. The van der Waals surface area contributed by atoms with Crippen LogP contribution in [-0.4, -0.2) is 13.1 Å². The van der Waals surface area contributed by atoms with Crippen molar-refractivity contribution in [3.63, 3.8) is 0 Å². The average molecular weight is 311 g/mol. The van der Waals surface area contributed by atoms with Gasteiger partial charge in [-0.15, -0.1) is 0 Å². The van der Waals surface area contributed by atoms with Gasteiger partial charge in [-0.1, -0.05) is 23.2 Å². The van der Waals surface area contributed by atoms with Crippen LogP contribution in [0.5, 0.6) is 23.0 Å². The second kappa shape index (κ2) is 4.89. The van der Waals surface area contributed by atoms with Crippen LogP contribution in [0.3, 0.4) is 0 Å². The Morgan fingerprint density at radius 2 is 1.50 bits per heavy atom. The first-order chi connectivity index (χ1) is 9.58. The second-order valence-electron chi connectivity index (χ2n) is 4.07. The molecule has 0 amide bonds. The third kappa shape index (κ3) is 2.17. The first kappa shape index (κ1) is 13.1. The number of benzene rings is 2. The normalized spacial score (nSPS) is 11.8. The second-order valence-corrected chi connectivity index (χ2v) is 4.88. The van der Waals surface area contributed by atoms with E-state index in [0.29, 0.717) is 38.6 Å². The maximum absolute atomic E-state index is 11.5. The zero-order chi connectivity index (χ0) is 14.3. The number of hydrogen-bond acceptors (Lipinski definition) is 4. The minimum absolute atomic E-state index is 0.363. The highest BCUT2D eigenvalue weighted by Crippen LogP contribution is 2.48. The summed E-state index contributed by atoms with van der Waals surface area (Å²) in [7, 11) is 1.32. The van der Waals surface area contributed by atoms with Crippen molar-refractivity contribution in [2.45, 2.75) is 0 Å². The molecule has 0 radical (unpaired) electrons. The van der Waals surface area contributed by atoms with Gasteiger partial charge >= 0.3 is 5.97 Å². The molecule has 2 aromatic carbocycles. The van der Waals surface area contributed by atoms with E-state index in [0.717, 1.165) is 0 Å². The molecule has 0 spiro atoms. The van der Waals surface area contributed by atoms with Crippen molar-refractivity contribution in [2.24, 2.45) is 0 Å². The average Bonchev–Trinajstić information content (AvgIpc) is 2.45. The van der Waals surface area contributed by atoms with Gasteiger partial charge in [-0.25, -0.2) is 4.79 Å². The smallest absolute Gasteiger partial charge is 0.337 e.